The van der Waals surface area contributed by atoms with Crippen molar-refractivity contribution in [2.24, 2.45) is 0 Å². The summed E-state index contributed by atoms with van der Waals surface area (Å²) in [5, 5.41) is 0. The van der Waals surface area contributed by atoms with E-state index in [2.05, 4.69) is 12.6 Å². The van der Waals surface area contributed by atoms with Crippen LogP contribution in [-0.2, 0) is 9.53 Å². The van der Waals surface area contributed by atoms with Crippen molar-refractivity contribution >= 4 is 18.5 Å². The van der Waals surface area contributed by atoms with E-state index >= 15 is 0 Å². The van der Waals surface area contributed by atoms with Gasteiger partial charge in [0, 0.05) is 19.7 Å². The summed E-state index contributed by atoms with van der Waals surface area (Å²) < 4.78 is 5.41. The van der Waals surface area contributed by atoms with Crippen LogP contribution in [0.15, 0.2) is 0 Å². The van der Waals surface area contributed by atoms with Gasteiger partial charge in [0.15, 0.2) is 0 Å². The molecule has 0 aromatic carbocycles. The van der Waals surface area contributed by atoms with Crippen molar-refractivity contribution in [1.82, 2.24) is 4.90 Å². The summed E-state index contributed by atoms with van der Waals surface area (Å²) >= 11 is 3.96. The van der Waals surface area contributed by atoms with E-state index in [4.69, 9.17) is 4.74 Å². The third kappa shape index (κ3) is 2.68. The number of ether oxygens (including phenoxy) is 1. The lowest BCUT2D eigenvalue weighted by molar-refractivity contribution is -0.129. The Balaban J connectivity index is 2.46. The van der Waals surface area contributed by atoms with E-state index in [9.17, 15) is 4.79 Å². The van der Waals surface area contributed by atoms with Crippen LogP contribution in [0.25, 0.3) is 0 Å². The minimum absolute atomic E-state index is 0.107. The lowest BCUT2D eigenvalue weighted by Crippen LogP contribution is -2.36. The highest BCUT2D eigenvalue weighted by molar-refractivity contribution is 7.81. The summed E-state index contributed by atoms with van der Waals surface area (Å²) in [6.45, 7) is 4.27. The van der Waals surface area contributed by atoms with Crippen molar-refractivity contribution in [3.63, 3.8) is 0 Å². The molecule has 1 unspecified atom stereocenters. The summed E-state index contributed by atoms with van der Waals surface area (Å²) in [4.78, 5) is 13.1. The minimum atomic E-state index is 0.107. The van der Waals surface area contributed by atoms with E-state index in [1.165, 1.54) is 0 Å². The lowest BCUT2D eigenvalue weighted by Gasteiger charge is -2.20. The number of amides is 1. The van der Waals surface area contributed by atoms with Gasteiger partial charge in [0.1, 0.15) is 0 Å². The van der Waals surface area contributed by atoms with Crippen molar-refractivity contribution in [3.8, 4) is 0 Å². The highest BCUT2D eigenvalue weighted by Crippen LogP contribution is 2.05. The molecule has 1 amide bonds. The maximum atomic E-state index is 11.3. The number of carbonyl (C=O) groups is 1. The number of rotatable bonds is 1. The molecular formula is C8H15NO2S. The third-order valence-electron chi connectivity index (χ3n) is 1.94. The first-order valence-corrected chi connectivity index (χ1v) is 4.87. The lowest BCUT2D eigenvalue weighted by atomic mass is 10.3. The summed E-state index contributed by atoms with van der Waals surface area (Å²) in [5.74, 6) is 0.405. The molecule has 0 N–H and O–H groups in total. The van der Waals surface area contributed by atoms with Crippen LogP contribution in [0, 0.1) is 0 Å². The van der Waals surface area contributed by atoms with Gasteiger partial charge in [0.2, 0.25) is 5.91 Å². The van der Waals surface area contributed by atoms with Crippen LogP contribution in [0.1, 0.15) is 13.3 Å². The summed E-state index contributed by atoms with van der Waals surface area (Å²) in [6.07, 6.45) is 1.10. The van der Waals surface area contributed by atoms with Crippen LogP contribution in [0.5, 0.6) is 0 Å². The second kappa shape index (κ2) is 4.72. The molecule has 0 saturated carbocycles. The van der Waals surface area contributed by atoms with Gasteiger partial charge in [-0.05, 0) is 13.3 Å². The number of thiol groups is 1. The molecule has 0 aromatic heterocycles. The van der Waals surface area contributed by atoms with Crippen LogP contribution in [0.4, 0.5) is 0 Å². The number of carbonyl (C=O) groups excluding carboxylic acids is 1. The molecule has 3 nitrogen and oxygen atoms in total. The highest BCUT2D eigenvalue weighted by atomic mass is 32.1. The average Bonchev–Trinajstić information content (AvgIpc) is 2.28. The van der Waals surface area contributed by atoms with Gasteiger partial charge >= 0.3 is 0 Å². The molecule has 1 atom stereocenters. The molecule has 1 aliphatic rings. The van der Waals surface area contributed by atoms with Crippen molar-refractivity contribution in [1.29, 1.82) is 0 Å². The van der Waals surface area contributed by atoms with Gasteiger partial charge in [0.25, 0.3) is 0 Å². The van der Waals surface area contributed by atoms with E-state index in [0.29, 0.717) is 12.3 Å². The van der Waals surface area contributed by atoms with Crippen LogP contribution in [-0.4, -0.2) is 42.4 Å². The summed E-state index contributed by atoms with van der Waals surface area (Å²) in [7, 11) is 0. The van der Waals surface area contributed by atoms with Crippen molar-refractivity contribution in [2.45, 2.75) is 19.4 Å². The highest BCUT2D eigenvalue weighted by Gasteiger charge is 2.18. The maximum Gasteiger partial charge on any atom is 0.232 e. The average molecular weight is 189 g/mol. The first-order chi connectivity index (χ1) is 5.74. The number of hydrogen-bond acceptors (Lipinski definition) is 3. The molecule has 0 bridgehead atoms. The fraction of sp³-hybridized carbons (Fsp3) is 0.875. The third-order valence-corrected chi connectivity index (χ3v) is 2.21. The number of hydrogen-bond donors (Lipinski definition) is 1. The smallest absolute Gasteiger partial charge is 0.232 e. The largest absolute Gasteiger partial charge is 0.377 e. The van der Waals surface area contributed by atoms with Gasteiger partial charge in [-0.1, -0.05) is 0 Å². The number of nitrogens with zero attached hydrogens (tertiary/aromatic N) is 1. The Morgan fingerprint density at radius 2 is 2.50 bits per heavy atom. The first kappa shape index (κ1) is 9.86. The Bertz CT molecular complexity index is 163. The normalized spacial score (nSPS) is 25.2. The molecule has 1 heterocycles. The predicted octanol–water partition coefficient (Wildman–Crippen LogP) is 0.554. The van der Waals surface area contributed by atoms with Gasteiger partial charge in [0.05, 0.1) is 11.9 Å². The Hall–Kier alpha value is -0.220. The molecule has 0 spiro atoms. The molecule has 4 heteroatoms. The molecule has 1 fully saturated rings. The molecule has 0 aliphatic carbocycles. The van der Waals surface area contributed by atoms with Crippen molar-refractivity contribution < 1.29 is 9.53 Å². The SMILES string of the molecule is CC1CN(C(=O)CS)CCCO1. The Kier molecular flexibility index (Phi) is 3.88. The Morgan fingerprint density at radius 3 is 3.17 bits per heavy atom. The molecular weight excluding hydrogens is 174 g/mol. The van der Waals surface area contributed by atoms with Crippen molar-refractivity contribution in [2.75, 3.05) is 25.4 Å². The van der Waals surface area contributed by atoms with Gasteiger partial charge < -0.3 is 9.64 Å². The van der Waals surface area contributed by atoms with Gasteiger partial charge in [-0.2, -0.15) is 12.6 Å². The summed E-state index contributed by atoms with van der Waals surface area (Å²) in [6, 6.07) is 0. The zero-order chi connectivity index (χ0) is 8.97. The molecule has 12 heavy (non-hydrogen) atoms. The topological polar surface area (TPSA) is 29.5 Å². The van der Waals surface area contributed by atoms with Gasteiger partial charge in [-0.25, -0.2) is 0 Å². The van der Waals surface area contributed by atoms with E-state index < -0.39 is 0 Å². The Labute approximate surface area is 78.5 Å². The standard InChI is InChI=1S/C8H15NO2S/c1-7-5-9(8(10)6-12)3-2-4-11-7/h7,12H,2-6H2,1H3. The van der Waals surface area contributed by atoms with Crippen LogP contribution < -0.4 is 0 Å². The molecule has 1 rings (SSSR count). The van der Waals surface area contributed by atoms with E-state index in [1.54, 1.807) is 0 Å². The molecule has 1 saturated heterocycles. The van der Waals surface area contributed by atoms with E-state index in [-0.39, 0.29) is 12.0 Å². The minimum Gasteiger partial charge on any atom is -0.377 e. The zero-order valence-electron chi connectivity index (χ0n) is 7.32. The fourth-order valence-corrected chi connectivity index (χ4v) is 1.52. The van der Waals surface area contributed by atoms with E-state index in [0.717, 1.165) is 19.6 Å². The van der Waals surface area contributed by atoms with Crippen LogP contribution in [0.3, 0.4) is 0 Å². The first-order valence-electron chi connectivity index (χ1n) is 4.24. The van der Waals surface area contributed by atoms with E-state index in [1.807, 2.05) is 11.8 Å². The second-order valence-electron chi connectivity index (χ2n) is 3.03. The van der Waals surface area contributed by atoms with Gasteiger partial charge in [-0.15, -0.1) is 0 Å². The fourth-order valence-electron chi connectivity index (χ4n) is 1.32. The molecule has 0 radical (unpaired) electrons. The monoisotopic (exact) mass is 189 g/mol. The van der Waals surface area contributed by atoms with Crippen LogP contribution in [0.2, 0.25) is 0 Å². The van der Waals surface area contributed by atoms with Gasteiger partial charge in [-0.3, -0.25) is 4.79 Å². The second-order valence-corrected chi connectivity index (χ2v) is 3.35. The zero-order valence-corrected chi connectivity index (χ0v) is 8.22. The quantitative estimate of drug-likeness (QED) is 0.611. The molecule has 70 valence electrons. The maximum absolute atomic E-state index is 11.3. The van der Waals surface area contributed by atoms with Crippen molar-refractivity contribution in [3.05, 3.63) is 0 Å². The van der Waals surface area contributed by atoms with Crippen LogP contribution >= 0.6 is 12.6 Å². The molecule has 1 aliphatic heterocycles. The Morgan fingerprint density at radius 1 is 1.75 bits per heavy atom. The summed E-state index contributed by atoms with van der Waals surface area (Å²) in [5.41, 5.74) is 0. The molecule has 0 aromatic rings. The predicted molar refractivity (Wildman–Crippen MR) is 50.5 cm³/mol.